The molecule has 2 unspecified atom stereocenters. The van der Waals surface area contributed by atoms with Gasteiger partial charge in [0.2, 0.25) is 0 Å². The molecule has 0 saturated carbocycles. The third kappa shape index (κ3) is 4.36. The Balaban J connectivity index is 1.88. The molecule has 32 heavy (non-hydrogen) atoms. The molecule has 1 aliphatic rings. The van der Waals surface area contributed by atoms with Crippen molar-refractivity contribution in [1.82, 2.24) is 0 Å². The van der Waals surface area contributed by atoms with E-state index in [4.69, 9.17) is 23.2 Å². The zero-order valence-electron chi connectivity index (χ0n) is 16.3. The molecule has 0 saturated heterocycles. The van der Waals surface area contributed by atoms with Crippen molar-refractivity contribution in [3.05, 3.63) is 96.1 Å². The van der Waals surface area contributed by atoms with Gasteiger partial charge in [0.25, 0.3) is 20.0 Å². The fourth-order valence-corrected chi connectivity index (χ4v) is 6.09. The second-order valence-electron chi connectivity index (χ2n) is 6.88. The van der Waals surface area contributed by atoms with Crippen LogP contribution in [0.5, 0.6) is 0 Å². The van der Waals surface area contributed by atoms with Crippen molar-refractivity contribution in [3.63, 3.8) is 0 Å². The summed E-state index contributed by atoms with van der Waals surface area (Å²) in [6.07, 6.45) is 0. The summed E-state index contributed by atoms with van der Waals surface area (Å²) in [5, 5.41) is -2.26. The molecule has 0 radical (unpaired) electrons. The molecular weight excluding hydrogens is 491 g/mol. The highest BCUT2D eigenvalue weighted by atomic mass is 35.5. The monoisotopic (exact) mass is 506 g/mol. The van der Waals surface area contributed by atoms with Crippen LogP contribution in [-0.2, 0) is 20.0 Å². The van der Waals surface area contributed by atoms with Gasteiger partial charge in [-0.15, -0.1) is 23.2 Å². The smallest absolute Gasteiger partial charge is 0.199 e. The van der Waals surface area contributed by atoms with E-state index in [0.717, 1.165) is 0 Å². The first kappa shape index (κ1) is 22.7. The van der Waals surface area contributed by atoms with E-state index in [1.807, 2.05) is 0 Å². The first-order valence-electron chi connectivity index (χ1n) is 9.38. The van der Waals surface area contributed by atoms with Gasteiger partial charge in [0.15, 0.2) is 0 Å². The van der Waals surface area contributed by atoms with Gasteiger partial charge >= 0.3 is 0 Å². The summed E-state index contributed by atoms with van der Waals surface area (Å²) in [4.78, 5) is 0.0113. The number of halogens is 2. The Kier molecular flexibility index (Phi) is 6.22. The van der Waals surface area contributed by atoms with Crippen molar-refractivity contribution in [2.75, 3.05) is 0 Å². The molecule has 0 aromatic heterocycles. The van der Waals surface area contributed by atoms with E-state index in [2.05, 4.69) is 8.80 Å². The molecule has 4 rings (SSSR count). The molecule has 0 bridgehead atoms. The average molecular weight is 507 g/mol. The molecule has 0 amide bonds. The quantitative estimate of drug-likeness (QED) is 0.493. The number of hydrogen-bond acceptors (Lipinski definition) is 4. The Bertz CT molecular complexity index is 1310. The van der Waals surface area contributed by atoms with E-state index in [-0.39, 0.29) is 21.2 Å². The van der Waals surface area contributed by atoms with Gasteiger partial charge < -0.3 is 0 Å². The zero-order valence-corrected chi connectivity index (χ0v) is 19.5. The molecule has 164 valence electrons. The van der Waals surface area contributed by atoms with Crippen LogP contribution in [0.15, 0.2) is 104 Å². The highest BCUT2D eigenvalue weighted by Gasteiger charge is 2.38. The van der Waals surface area contributed by atoms with Gasteiger partial charge in [-0.05, 0) is 24.3 Å². The predicted molar refractivity (Wildman–Crippen MR) is 126 cm³/mol. The van der Waals surface area contributed by atoms with Crippen LogP contribution >= 0.6 is 23.2 Å². The minimum absolute atomic E-state index is 0.00564. The van der Waals surface area contributed by atoms with Gasteiger partial charge in [-0.25, -0.2) is 0 Å². The third-order valence-electron chi connectivity index (χ3n) is 4.78. The number of hydrogen-bond donors (Lipinski definition) is 0. The fraction of sp³-hybridized carbons (Fsp3) is 0.0909. The zero-order chi connectivity index (χ0) is 22.9. The molecule has 0 heterocycles. The van der Waals surface area contributed by atoms with Crippen LogP contribution in [0.25, 0.3) is 0 Å². The van der Waals surface area contributed by atoms with Crippen molar-refractivity contribution >= 4 is 54.7 Å². The van der Waals surface area contributed by atoms with E-state index in [1.54, 1.807) is 60.7 Å². The predicted octanol–water partition coefficient (Wildman–Crippen LogP) is 4.27. The summed E-state index contributed by atoms with van der Waals surface area (Å²) in [5.41, 5.74) is 0.765. The molecular formula is C22H16Cl2N2O4S2. The Morgan fingerprint density at radius 2 is 0.844 bits per heavy atom. The van der Waals surface area contributed by atoms with E-state index in [1.165, 1.54) is 24.3 Å². The van der Waals surface area contributed by atoms with Gasteiger partial charge in [-0.1, -0.05) is 60.7 Å². The van der Waals surface area contributed by atoms with Crippen molar-refractivity contribution in [1.29, 1.82) is 0 Å². The van der Waals surface area contributed by atoms with Crippen LogP contribution in [0.4, 0.5) is 0 Å². The lowest BCUT2D eigenvalue weighted by Crippen LogP contribution is -2.40. The highest BCUT2D eigenvalue weighted by molar-refractivity contribution is 7.90. The Morgan fingerprint density at radius 3 is 1.19 bits per heavy atom. The first-order valence-corrected chi connectivity index (χ1v) is 13.1. The SMILES string of the molecule is O=S(=O)(/N=C1/c2ccccc2/C(=N/S(=O)(=O)c2ccccc2)C(Cl)C1Cl)c1ccccc1. The standard InChI is InChI=1S/C22H16Cl2N2O4S2/c23-19-20(24)22(26-32(29,30)16-11-5-2-6-12-16)18-14-8-7-13-17(18)21(19)25-31(27,28)15-9-3-1-4-10-15/h1-14,19-20H/b25-21-,26-22-. The molecule has 6 nitrogen and oxygen atoms in total. The van der Waals surface area contributed by atoms with E-state index in [0.29, 0.717) is 11.1 Å². The lowest BCUT2D eigenvalue weighted by molar-refractivity contribution is 0.596. The van der Waals surface area contributed by atoms with Crippen molar-refractivity contribution in [2.45, 2.75) is 20.5 Å². The minimum Gasteiger partial charge on any atom is -0.199 e. The normalized spacial score (nSPS) is 21.4. The largest absolute Gasteiger partial charge is 0.282 e. The summed E-state index contributed by atoms with van der Waals surface area (Å²) >= 11 is 13.0. The first-order chi connectivity index (χ1) is 15.2. The summed E-state index contributed by atoms with van der Waals surface area (Å²) in [6.45, 7) is 0. The molecule has 0 N–H and O–H groups in total. The van der Waals surface area contributed by atoms with E-state index in [9.17, 15) is 16.8 Å². The average Bonchev–Trinajstić information content (AvgIpc) is 2.81. The van der Waals surface area contributed by atoms with Crippen molar-refractivity contribution in [2.24, 2.45) is 8.80 Å². The molecule has 1 aliphatic carbocycles. The van der Waals surface area contributed by atoms with E-state index >= 15 is 0 Å². The minimum atomic E-state index is -4.07. The second-order valence-corrected chi connectivity index (χ2v) is 11.0. The Hall–Kier alpha value is -2.52. The fourth-order valence-electron chi connectivity index (χ4n) is 3.25. The molecule has 0 fully saturated rings. The van der Waals surface area contributed by atoms with E-state index < -0.39 is 30.8 Å². The van der Waals surface area contributed by atoms with Gasteiger partial charge in [0.05, 0.1) is 32.0 Å². The second kappa shape index (κ2) is 8.78. The van der Waals surface area contributed by atoms with Crippen molar-refractivity contribution < 1.29 is 16.8 Å². The molecule has 3 aromatic rings. The van der Waals surface area contributed by atoms with Crippen molar-refractivity contribution in [3.8, 4) is 0 Å². The number of alkyl halides is 2. The number of benzene rings is 3. The van der Waals surface area contributed by atoms with Crippen LogP contribution < -0.4 is 0 Å². The molecule has 2 atom stereocenters. The lowest BCUT2D eigenvalue weighted by atomic mass is 9.88. The number of nitrogens with zero attached hydrogens (tertiary/aromatic N) is 2. The molecule has 0 spiro atoms. The summed E-state index contributed by atoms with van der Waals surface area (Å²) < 4.78 is 59.3. The van der Waals surface area contributed by atoms with Crippen LogP contribution in [0.2, 0.25) is 0 Å². The van der Waals surface area contributed by atoms with Gasteiger partial charge in [0.1, 0.15) is 0 Å². The number of fused-ring (bicyclic) bond motifs is 1. The summed E-state index contributed by atoms with van der Waals surface area (Å²) in [5.74, 6) is 0. The number of rotatable bonds is 4. The Labute approximate surface area is 196 Å². The lowest BCUT2D eigenvalue weighted by Gasteiger charge is -2.28. The summed E-state index contributed by atoms with van der Waals surface area (Å²) in [6, 6.07) is 22.0. The molecule has 10 heteroatoms. The maximum Gasteiger partial charge on any atom is 0.282 e. The van der Waals surface area contributed by atoms with Gasteiger partial charge in [0, 0.05) is 11.1 Å². The molecule has 3 aromatic carbocycles. The molecule has 0 aliphatic heterocycles. The maximum absolute atomic E-state index is 12.8. The van der Waals surface area contributed by atoms with Gasteiger partial charge in [-0.3, -0.25) is 0 Å². The number of sulfonamides is 2. The van der Waals surface area contributed by atoms with Crippen LogP contribution in [0.1, 0.15) is 11.1 Å². The van der Waals surface area contributed by atoms with Crippen LogP contribution in [-0.4, -0.2) is 39.0 Å². The highest BCUT2D eigenvalue weighted by Crippen LogP contribution is 2.32. The van der Waals surface area contributed by atoms with Crippen LogP contribution in [0.3, 0.4) is 0 Å². The van der Waals surface area contributed by atoms with Gasteiger partial charge in [-0.2, -0.15) is 25.6 Å². The maximum atomic E-state index is 12.8. The topological polar surface area (TPSA) is 93.0 Å². The Morgan fingerprint density at radius 1 is 0.531 bits per heavy atom. The van der Waals surface area contributed by atoms with Crippen LogP contribution in [0, 0.1) is 0 Å². The third-order valence-corrected chi connectivity index (χ3v) is 8.43. The summed E-state index contributed by atoms with van der Waals surface area (Å²) in [7, 11) is -8.14.